The van der Waals surface area contributed by atoms with E-state index < -0.39 is 0 Å². The highest BCUT2D eigenvalue weighted by molar-refractivity contribution is 5.82. The Morgan fingerprint density at radius 3 is 2.00 bits per heavy atom. The van der Waals surface area contributed by atoms with Crippen molar-refractivity contribution in [2.45, 2.75) is 51.0 Å². The number of nitrogens with zero attached hydrogens (tertiary/aromatic N) is 5. The Morgan fingerprint density at radius 1 is 0.765 bits per heavy atom. The summed E-state index contributed by atoms with van der Waals surface area (Å²) in [6.45, 7) is 9.67. The van der Waals surface area contributed by atoms with Crippen LogP contribution in [0.15, 0.2) is 0 Å². The summed E-state index contributed by atoms with van der Waals surface area (Å²) in [6, 6.07) is -0.304. The van der Waals surface area contributed by atoms with Crippen LogP contribution in [-0.4, -0.2) is 127 Å². The van der Waals surface area contributed by atoms with Crippen molar-refractivity contribution < 1.29 is 14.4 Å². The van der Waals surface area contributed by atoms with Crippen molar-refractivity contribution in [2.75, 3.05) is 78.5 Å². The van der Waals surface area contributed by atoms with Gasteiger partial charge in [-0.2, -0.15) is 0 Å². The molecule has 3 amide bonds. The zero-order chi connectivity index (χ0) is 23.9. The average Bonchev–Trinajstić information content (AvgIpc) is 2.90. The largest absolute Gasteiger partial charge is 0.342 e. The predicted molar refractivity (Wildman–Crippen MR) is 131 cm³/mol. The number of carbonyl (C=O) groups excluding carboxylic acids is 3. The first-order valence-electron chi connectivity index (χ1n) is 13.5. The maximum Gasteiger partial charge on any atom is 0.239 e. The van der Waals surface area contributed by atoms with Gasteiger partial charge in [0, 0.05) is 72.0 Å². The van der Waals surface area contributed by atoms with Crippen LogP contribution in [0.4, 0.5) is 0 Å². The van der Waals surface area contributed by atoms with Crippen molar-refractivity contribution in [1.82, 2.24) is 24.5 Å². The summed E-state index contributed by atoms with van der Waals surface area (Å²) in [5, 5.41) is 0. The fourth-order valence-electron chi connectivity index (χ4n) is 6.10. The van der Waals surface area contributed by atoms with Crippen LogP contribution < -0.4 is 5.73 Å². The van der Waals surface area contributed by atoms with Crippen molar-refractivity contribution in [3.63, 3.8) is 0 Å². The Kier molecular flexibility index (Phi) is 9.19. The molecule has 4 aliphatic rings. The highest BCUT2D eigenvalue weighted by atomic mass is 16.2. The van der Waals surface area contributed by atoms with Crippen molar-refractivity contribution in [2.24, 2.45) is 17.6 Å². The van der Waals surface area contributed by atoms with Gasteiger partial charge in [0.2, 0.25) is 18.2 Å². The van der Waals surface area contributed by atoms with Crippen LogP contribution in [0, 0.1) is 11.8 Å². The number of rotatable bonds is 7. The highest BCUT2D eigenvalue weighted by Gasteiger charge is 2.32. The van der Waals surface area contributed by atoms with E-state index in [9.17, 15) is 14.4 Å². The van der Waals surface area contributed by atoms with Crippen LogP contribution in [0.2, 0.25) is 0 Å². The third-order valence-corrected chi connectivity index (χ3v) is 8.53. The Balaban J connectivity index is 1.11. The van der Waals surface area contributed by atoms with E-state index >= 15 is 0 Å². The van der Waals surface area contributed by atoms with E-state index in [1.807, 2.05) is 9.80 Å². The smallest absolute Gasteiger partial charge is 0.239 e. The van der Waals surface area contributed by atoms with Crippen molar-refractivity contribution in [3.8, 4) is 0 Å². The summed E-state index contributed by atoms with van der Waals surface area (Å²) in [5.74, 6) is 1.37. The topological polar surface area (TPSA) is 93.4 Å². The van der Waals surface area contributed by atoms with Crippen LogP contribution in [0.25, 0.3) is 0 Å². The SMILES string of the molecule is NC(C(=O)N1CCC(CN2CCN(CC(=O)N3CCN(C=O)CC3)CC2)CC1)C1CCCCC1. The molecule has 2 N–H and O–H groups in total. The Labute approximate surface area is 204 Å². The molecule has 0 bridgehead atoms. The van der Waals surface area contributed by atoms with Crippen LogP contribution >= 0.6 is 0 Å². The quantitative estimate of drug-likeness (QED) is 0.522. The Morgan fingerprint density at radius 2 is 1.38 bits per heavy atom. The van der Waals surface area contributed by atoms with Gasteiger partial charge in [0.1, 0.15) is 0 Å². The second-order valence-corrected chi connectivity index (χ2v) is 10.8. The molecular weight excluding hydrogens is 432 g/mol. The molecule has 0 aromatic carbocycles. The summed E-state index contributed by atoms with van der Waals surface area (Å²) < 4.78 is 0. The van der Waals surface area contributed by atoms with Gasteiger partial charge < -0.3 is 25.3 Å². The van der Waals surface area contributed by atoms with E-state index in [-0.39, 0.29) is 17.9 Å². The summed E-state index contributed by atoms with van der Waals surface area (Å²) in [6.07, 6.45) is 8.93. The van der Waals surface area contributed by atoms with Gasteiger partial charge >= 0.3 is 0 Å². The first kappa shape index (κ1) is 25.4. The number of hydrogen-bond donors (Lipinski definition) is 1. The lowest BCUT2D eigenvalue weighted by atomic mass is 9.83. The first-order valence-corrected chi connectivity index (χ1v) is 13.5. The van der Waals surface area contributed by atoms with Gasteiger partial charge in [0.15, 0.2) is 0 Å². The number of piperidine rings is 1. The van der Waals surface area contributed by atoms with Gasteiger partial charge in [0.25, 0.3) is 0 Å². The van der Waals surface area contributed by atoms with E-state index in [1.54, 1.807) is 4.90 Å². The second kappa shape index (κ2) is 12.3. The summed E-state index contributed by atoms with van der Waals surface area (Å²) >= 11 is 0. The van der Waals surface area contributed by atoms with Gasteiger partial charge in [-0.05, 0) is 37.5 Å². The molecule has 1 unspecified atom stereocenters. The highest BCUT2D eigenvalue weighted by Crippen LogP contribution is 2.27. The second-order valence-electron chi connectivity index (χ2n) is 10.8. The van der Waals surface area contributed by atoms with Crippen molar-refractivity contribution >= 4 is 18.2 Å². The Hall–Kier alpha value is -1.71. The molecule has 4 rings (SSSR count). The average molecular weight is 477 g/mol. The lowest BCUT2D eigenvalue weighted by Gasteiger charge is -2.40. The molecule has 3 heterocycles. The molecule has 3 aliphatic heterocycles. The molecule has 192 valence electrons. The number of carbonyl (C=O) groups is 3. The third-order valence-electron chi connectivity index (χ3n) is 8.53. The number of nitrogens with two attached hydrogens (primary N) is 1. The molecule has 0 aromatic heterocycles. The molecule has 3 saturated heterocycles. The van der Waals surface area contributed by atoms with E-state index in [2.05, 4.69) is 9.80 Å². The molecule has 34 heavy (non-hydrogen) atoms. The van der Waals surface area contributed by atoms with E-state index in [1.165, 1.54) is 19.3 Å². The Bertz CT molecular complexity index is 676. The van der Waals surface area contributed by atoms with Crippen molar-refractivity contribution in [3.05, 3.63) is 0 Å². The fraction of sp³-hybridized carbons (Fsp3) is 0.880. The summed E-state index contributed by atoms with van der Waals surface area (Å²) in [5.41, 5.74) is 6.37. The van der Waals surface area contributed by atoms with Crippen LogP contribution in [0.5, 0.6) is 0 Å². The molecule has 1 atom stereocenters. The van der Waals surface area contributed by atoms with Gasteiger partial charge in [-0.3, -0.25) is 19.3 Å². The molecule has 1 aliphatic carbocycles. The molecule has 4 fully saturated rings. The minimum absolute atomic E-state index is 0.177. The predicted octanol–water partition coefficient (Wildman–Crippen LogP) is 0.0508. The van der Waals surface area contributed by atoms with E-state index in [0.29, 0.717) is 44.6 Å². The van der Waals surface area contributed by atoms with Crippen LogP contribution in [-0.2, 0) is 14.4 Å². The summed E-state index contributed by atoms with van der Waals surface area (Å²) in [4.78, 5) is 46.8. The lowest BCUT2D eigenvalue weighted by molar-refractivity contribution is -0.137. The first-order chi connectivity index (χ1) is 16.5. The number of piperazine rings is 2. The fourth-order valence-corrected chi connectivity index (χ4v) is 6.10. The van der Waals surface area contributed by atoms with Crippen LogP contribution in [0.3, 0.4) is 0 Å². The molecule has 1 saturated carbocycles. The molecule has 0 spiro atoms. The van der Waals surface area contributed by atoms with E-state index in [4.69, 9.17) is 5.73 Å². The number of hydrogen-bond acceptors (Lipinski definition) is 6. The van der Waals surface area contributed by atoms with Gasteiger partial charge in [0.05, 0.1) is 12.6 Å². The maximum atomic E-state index is 12.9. The van der Waals surface area contributed by atoms with Crippen molar-refractivity contribution in [1.29, 1.82) is 0 Å². The van der Waals surface area contributed by atoms with Gasteiger partial charge in [-0.15, -0.1) is 0 Å². The molecular formula is C25H44N6O3. The lowest BCUT2D eigenvalue weighted by Crippen LogP contribution is -2.54. The maximum absolute atomic E-state index is 12.9. The zero-order valence-corrected chi connectivity index (χ0v) is 20.8. The number of amides is 3. The van der Waals surface area contributed by atoms with Crippen LogP contribution in [0.1, 0.15) is 44.9 Å². The standard InChI is InChI=1S/C25H44N6O3/c26-24(22-4-2-1-3-5-22)25(34)31-8-6-21(7-9-31)18-27-10-12-28(13-11-27)19-23(33)30-16-14-29(20-32)15-17-30/h20-22,24H,1-19,26H2. The minimum atomic E-state index is -0.304. The molecule has 0 aromatic rings. The normalized spacial score (nSPS) is 25.4. The van der Waals surface area contributed by atoms with Gasteiger partial charge in [-0.25, -0.2) is 0 Å². The summed E-state index contributed by atoms with van der Waals surface area (Å²) in [7, 11) is 0. The minimum Gasteiger partial charge on any atom is -0.342 e. The van der Waals surface area contributed by atoms with Gasteiger partial charge in [-0.1, -0.05) is 19.3 Å². The molecule has 9 nitrogen and oxygen atoms in total. The third kappa shape index (κ3) is 6.70. The monoisotopic (exact) mass is 476 g/mol. The molecule has 9 heteroatoms. The molecule has 0 radical (unpaired) electrons. The zero-order valence-electron chi connectivity index (χ0n) is 20.8. The number of likely N-dealkylation sites (tertiary alicyclic amines) is 1. The van der Waals surface area contributed by atoms with E-state index in [0.717, 1.165) is 77.9 Å².